The van der Waals surface area contributed by atoms with Crippen molar-refractivity contribution in [3.05, 3.63) is 64.5 Å². The van der Waals surface area contributed by atoms with E-state index in [0.29, 0.717) is 48.5 Å². The number of nitrogen functional groups attached to an aromatic ring is 1. The third kappa shape index (κ3) is 4.62. The maximum Gasteiger partial charge on any atom is 0.417 e. The molecule has 0 unspecified atom stereocenters. The van der Waals surface area contributed by atoms with Crippen LogP contribution in [-0.2, 0) is 24.1 Å². The lowest BCUT2D eigenvalue weighted by molar-refractivity contribution is -0.137. The molecule has 0 spiro atoms. The van der Waals surface area contributed by atoms with Crippen LogP contribution in [0.4, 0.5) is 19.0 Å². The molecular formula is C26H27F3N4O3. The zero-order chi connectivity index (χ0) is 25.6. The van der Waals surface area contributed by atoms with Gasteiger partial charge in [-0.05, 0) is 68.5 Å². The largest absolute Gasteiger partial charge is 0.417 e. The van der Waals surface area contributed by atoms with E-state index >= 15 is 0 Å². The van der Waals surface area contributed by atoms with Gasteiger partial charge in [-0.1, -0.05) is 0 Å². The molecule has 10 heteroatoms. The van der Waals surface area contributed by atoms with Crippen molar-refractivity contribution in [3.63, 3.8) is 0 Å². The molecule has 3 heterocycles. The van der Waals surface area contributed by atoms with Gasteiger partial charge in [-0.3, -0.25) is 9.78 Å². The predicted octanol–water partition coefficient (Wildman–Crippen LogP) is 4.77. The van der Waals surface area contributed by atoms with Crippen LogP contribution in [0.5, 0.6) is 0 Å². The first-order valence-corrected chi connectivity index (χ1v) is 12.0. The number of ether oxygens (including phenoxy) is 1. The van der Waals surface area contributed by atoms with Crippen LogP contribution in [0.3, 0.4) is 0 Å². The molecule has 7 nitrogen and oxygen atoms in total. The fourth-order valence-corrected chi connectivity index (χ4v) is 5.21. The van der Waals surface area contributed by atoms with E-state index in [1.54, 1.807) is 23.1 Å². The number of alkyl halides is 3. The number of aromatic nitrogens is 2. The number of fused-ring (bicyclic) bond motifs is 3. The highest BCUT2D eigenvalue weighted by molar-refractivity contribution is 5.99. The highest BCUT2D eigenvalue weighted by Crippen LogP contribution is 2.38. The Kier molecular flexibility index (Phi) is 6.34. The first-order valence-electron chi connectivity index (χ1n) is 12.0. The summed E-state index contributed by atoms with van der Waals surface area (Å²) in [7, 11) is 0. The van der Waals surface area contributed by atoms with E-state index in [1.807, 2.05) is 6.92 Å². The third-order valence-electron chi connectivity index (χ3n) is 7.10. The van der Waals surface area contributed by atoms with E-state index in [1.165, 1.54) is 6.07 Å². The second-order valence-corrected chi connectivity index (χ2v) is 9.52. The molecule has 0 radical (unpaired) electrons. The highest BCUT2D eigenvalue weighted by atomic mass is 19.4. The number of amides is 1. The first-order chi connectivity index (χ1) is 17.1. The molecule has 0 bridgehead atoms. The van der Waals surface area contributed by atoms with E-state index in [2.05, 4.69) is 9.97 Å². The number of halogens is 3. The molecule has 3 N–H and O–H groups in total. The molecule has 1 aliphatic carbocycles. The van der Waals surface area contributed by atoms with Gasteiger partial charge in [0.25, 0.3) is 5.91 Å². The molecule has 3 atom stereocenters. The smallest absolute Gasteiger partial charge is 0.393 e. The summed E-state index contributed by atoms with van der Waals surface area (Å²) < 4.78 is 44.7. The number of pyridine rings is 2. The summed E-state index contributed by atoms with van der Waals surface area (Å²) in [6, 6.07) is 7.19. The van der Waals surface area contributed by atoms with E-state index in [4.69, 9.17) is 10.5 Å². The maximum atomic E-state index is 13.8. The number of nitrogens with zero attached hydrogens (tertiary/aromatic N) is 3. The fourth-order valence-electron chi connectivity index (χ4n) is 5.21. The lowest BCUT2D eigenvalue weighted by Crippen LogP contribution is -2.43. The second-order valence-electron chi connectivity index (χ2n) is 9.52. The minimum Gasteiger partial charge on any atom is -0.393 e. The zero-order valence-electron chi connectivity index (χ0n) is 19.8. The Hall–Kier alpha value is -3.24. The minimum absolute atomic E-state index is 0.0324. The Balaban J connectivity index is 1.50. The molecule has 2 aliphatic rings. The van der Waals surface area contributed by atoms with Crippen LogP contribution < -0.4 is 5.73 Å². The summed E-state index contributed by atoms with van der Waals surface area (Å²) in [4.78, 5) is 23.9. The predicted molar refractivity (Wildman–Crippen MR) is 127 cm³/mol. The third-order valence-corrected chi connectivity index (χ3v) is 7.10. The van der Waals surface area contributed by atoms with Gasteiger partial charge in [-0.25, -0.2) is 4.98 Å². The number of rotatable bonds is 4. The highest BCUT2D eigenvalue weighted by Gasteiger charge is 2.33. The SMILES string of the molecule is C[C@H]1OCc2c1c(N)nc1ccc(C(=O)N(Cc3ccc(C(F)(F)F)cn3)[C@@H]3CCC[C@H](O)C3)cc21. The number of hydrogen-bond acceptors (Lipinski definition) is 6. The summed E-state index contributed by atoms with van der Waals surface area (Å²) in [5.41, 5.74) is 8.45. The van der Waals surface area contributed by atoms with Gasteiger partial charge in [0.1, 0.15) is 5.82 Å². The summed E-state index contributed by atoms with van der Waals surface area (Å²) in [6.45, 7) is 2.30. The van der Waals surface area contributed by atoms with E-state index in [9.17, 15) is 23.1 Å². The fraction of sp³-hybridized carbons (Fsp3) is 0.423. The Bertz CT molecular complexity index is 1300. The second kappa shape index (κ2) is 9.33. The number of hydrogen-bond donors (Lipinski definition) is 2. The van der Waals surface area contributed by atoms with Crippen LogP contribution in [0.1, 0.15) is 71.5 Å². The van der Waals surface area contributed by atoms with Gasteiger partial charge in [0.2, 0.25) is 0 Å². The number of aliphatic hydroxyl groups is 1. The van der Waals surface area contributed by atoms with Crippen molar-refractivity contribution >= 4 is 22.6 Å². The number of nitrogens with two attached hydrogens (primary N) is 1. The maximum absolute atomic E-state index is 13.8. The number of aliphatic hydroxyl groups excluding tert-OH is 1. The molecule has 1 aliphatic heterocycles. The summed E-state index contributed by atoms with van der Waals surface area (Å²) in [6.07, 6.45) is -1.94. The lowest BCUT2D eigenvalue weighted by Gasteiger charge is -2.36. The molecule has 5 rings (SSSR count). The average Bonchev–Trinajstić information content (AvgIpc) is 3.24. The Morgan fingerprint density at radius 3 is 2.75 bits per heavy atom. The topological polar surface area (TPSA) is 102 Å². The van der Waals surface area contributed by atoms with E-state index in [0.717, 1.165) is 35.2 Å². The number of benzene rings is 1. The van der Waals surface area contributed by atoms with Crippen molar-refractivity contribution in [1.82, 2.24) is 14.9 Å². The molecular weight excluding hydrogens is 473 g/mol. The Morgan fingerprint density at radius 2 is 2.06 bits per heavy atom. The van der Waals surface area contributed by atoms with Crippen LogP contribution >= 0.6 is 0 Å². The van der Waals surface area contributed by atoms with Crippen LogP contribution in [-0.4, -0.2) is 38.0 Å². The number of anilines is 1. The van der Waals surface area contributed by atoms with Crippen LogP contribution in [0.2, 0.25) is 0 Å². The number of carbonyl (C=O) groups is 1. The summed E-state index contributed by atoms with van der Waals surface area (Å²) in [5.74, 6) is 0.128. The van der Waals surface area contributed by atoms with Crippen LogP contribution in [0, 0.1) is 0 Å². The van der Waals surface area contributed by atoms with Crippen molar-refractivity contribution in [3.8, 4) is 0 Å². The van der Waals surface area contributed by atoms with Gasteiger partial charge >= 0.3 is 6.18 Å². The minimum atomic E-state index is -4.49. The van der Waals surface area contributed by atoms with Crippen LogP contribution in [0.25, 0.3) is 10.9 Å². The van der Waals surface area contributed by atoms with Gasteiger partial charge in [-0.15, -0.1) is 0 Å². The van der Waals surface area contributed by atoms with Crippen LogP contribution in [0.15, 0.2) is 36.5 Å². The summed E-state index contributed by atoms with van der Waals surface area (Å²) >= 11 is 0. The molecule has 3 aromatic rings. The monoisotopic (exact) mass is 500 g/mol. The first kappa shape index (κ1) is 24.5. The summed E-state index contributed by atoms with van der Waals surface area (Å²) in [5, 5.41) is 11.0. The number of carbonyl (C=O) groups excluding carboxylic acids is 1. The standard InChI is InChI=1S/C26H27F3N4O3/c1-14-23-21(13-36-14)20-9-15(5-8-22(20)32-24(23)30)25(35)33(18-3-2-4-19(34)10-18)12-17-7-6-16(11-31-17)26(27,28)29/h5-9,11,14,18-19,34H,2-4,10,12-13H2,1H3,(H2,30,32)/t14-,18-,19+/m1/s1. The van der Waals surface area contributed by atoms with Gasteiger partial charge in [-0.2, -0.15) is 13.2 Å². The molecule has 1 saturated carbocycles. The van der Waals surface area contributed by atoms with Crippen molar-refractivity contribution in [1.29, 1.82) is 0 Å². The Morgan fingerprint density at radius 1 is 1.25 bits per heavy atom. The van der Waals surface area contributed by atoms with E-state index < -0.39 is 17.8 Å². The molecule has 1 amide bonds. The molecule has 36 heavy (non-hydrogen) atoms. The van der Waals surface area contributed by atoms with Gasteiger partial charge in [0.05, 0.1) is 42.1 Å². The van der Waals surface area contributed by atoms with Crippen molar-refractivity contribution in [2.45, 2.75) is 70.2 Å². The molecule has 1 aromatic carbocycles. The van der Waals surface area contributed by atoms with Gasteiger partial charge in [0, 0.05) is 28.8 Å². The van der Waals surface area contributed by atoms with Gasteiger partial charge < -0.3 is 20.5 Å². The quantitative estimate of drug-likeness (QED) is 0.535. The lowest BCUT2D eigenvalue weighted by atomic mass is 9.91. The van der Waals surface area contributed by atoms with Crippen molar-refractivity contribution in [2.24, 2.45) is 0 Å². The molecule has 1 fully saturated rings. The molecule has 0 saturated heterocycles. The average molecular weight is 501 g/mol. The van der Waals surface area contributed by atoms with Gasteiger partial charge in [0.15, 0.2) is 0 Å². The molecule has 2 aromatic heterocycles. The van der Waals surface area contributed by atoms with Crippen molar-refractivity contribution in [2.75, 3.05) is 5.73 Å². The van der Waals surface area contributed by atoms with Crippen molar-refractivity contribution < 1.29 is 27.8 Å². The molecule has 190 valence electrons. The van der Waals surface area contributed by atoms with E-state index in [-0.39, 0.29) is 24.6 Å². The Labute approximate surface area is 206 Å². The zero-order valence-corrected chi connectivity index (χ0v) is 19.8. The normalized spacial score (nSPS) is 22.0.